The largest absolute Gasteiger partial charge is 0.357 e. The van der Waals surface area contributed by atoms with Crippen molar-refractivity contribution in [3.63, 3.8) is 0 Å². The average Bonchev–Trinajstić information content (AvgIpc) is 2.68. The van der Waals surface area contributed by atoms with E-state index in [1.165, 1.54) is 24.3 Å². The highest BCUT2D eigenvalue weighted by molar-refractivity contribution is 7.99. The average molecular weight is 363 g/mol. The summed E-state index contributed by atoms with van der Waals surface area (Å²) in [6.07, 6.45) is 8.54. The van der Waals surface area contributed by atoms with Gasteiger partial charge in [0.2, 0.25) is 5.95 Å². The lowest BCUT2D eigenvalue weighted by Crippen LogP contribution is -2.51. The Kier molecular flexibility index (Phi) is 7.21. The molecular formula is C18H30N6S. The molecule has 0 bridgehead atoms. The van der Waals surface area contributed by atoms with Gasteiger partial charge < -0.3 is 15.5 Å². The summed E-state index contributed by atoms with van der Waals surface area (Å²) in [6.45, 7) is 5.91. The second kappa shape index (κ2) is 9.85. The first kappa shape index (κ1) is 18.3. The smallest absolute Gasteiger partial charge is 0.225 e. The number of anilines is 1. The van der Waals surface area contributed by atoms with Gasteiger partial charge in [-0.1, -0.05) is 0 Å². The molecule has 0 aromatic carbocycles. The minimum atomic E-state index is 0.386. The molecule has 2 N–H and O–H groups in total. The summed E-state index contributed by atoms with van der Waals surface area (Å²) in [5.41, 5.74) is 0. The van der Waals surface area contributed by atoms with Crippen molar-refractivity contribution in [2.24, 2.45) is 10.9 Å². The van der Waals surface area contributed by atoms with Crippen molar-refractivity contribution in [3.8, 4) is 0 Å². The third-order valence-electron chi connectivity index (χ3n) is 4.79. The van der Waals surface area contributed by atoms with E-state index in [0.717, 1.165) is 56.8 Å². The number of aliphatic imine (C=N–C) groups is 1. The zero-order valence-electron chi connectivity index (χ0n) is 15.2. The van der Waals surface area contributed by atoms with E-state index < -0.39 is 0 Å². The molecule has 6 nitrogen and oxygen atoms in total. The fourth-order valence-corrected chi connectivity index (χ4v) is 4.60. The maximum absolute atomic E-state index is 4.86. The van der Waals surface area contributed by atoms with Crippen molar-refractivity contribution < 1.29 is 0 Å². The molecule has 2 saturated heterocycles. The Morgan fingerprint density at radius 3 is 2.84 bits per heavy atom. The predicted octanol–water partition coefficient (Wildman–Crippen LogP) is 2.14. The Balaban J connectivity index is 1.55. The van der Waals surface area contributed by atoms with E-state index in [1.54, 1.807) is 0 Å². The van der Waals surface area contributed by atoms with Crippen LogP contribution in [0.15, 0.2) is 23.5 Å². The third kappa shape index (κ3) is 5.76. The van der Waals surface area contributed by atoms with Crippen LogP contribution in [-0.4, -0.2) is 59.7 Å². The number of nitrogens with zero attached hydrogens (tertiary/aromatic N) is 4. The molecule has 138 valence electrons. The molecule has 1 aromatic heterocycles. The second-order valence-electron chi connectivity index (χ2n) is 6.75. The van der Waals surface area contributed by atoms with Crippen LogP contribution < -0.4 is 15.5 Å². The molecule has 1 atom stereocenters. The number of thioether (sulfide) groups is 1. The van der Waals surface area contributed by atoms with Gasteiger partial charge in [-0.2, -0.15) is 11.8 Å². The SMILES string of the molecule is CCNC(=NCC1CCSCC1)NC1CCCN(c2ncccn2)C1. The van der Waals surface area contributed by atoms with Gasteiger partial charge in [0.1, 0.15) is 0 Å². The van der Waals surface area contributed by atoms with Crippen LogP contribution in [0.4, 0.5) is 5.95 Å². The number of aromatic nitrogens is 2. The van der Waals surface area contributed by atoms with Crippen LogP contribution in [0.3, 0.4) is 0 Å². The first-order valence-corrected chi connectivity index (χ1v) is 10.6. The molecule has 2 fully saturated rings. The van der Waals surface area contributed by atoms with E-state index in [2.05, 4.69) is 44.2 Å². The topological polar surface area (TPSA) is 65.4 Å². The number of rotatable bonds is 5. The Bertz CT molecular complexity index is 532. The second-order valence-corrected chi connectivity index (χ2v) is 7.98. The summed E-state index contributed by atoms with van der Waals surface area (Å²) < 4.78 is 0. The Hall–Kier alpha value is -1.50. The normalized spacial score (nSPS) is 22.7. The number of piperidine rings is 1. The van der Waals surface area contributed by atoms with E-state index in [0.29, 0.717) is 6.04 Å². The molecule has 1 aromatic rings. The Morgan fingerprint density at radius 1 is 1.28 bits per heavy atom. The summed E-state index contributed by atoms with van der Waals surface area (Å²) in [4.78, 5) is 15.9. The van der Waals surface area contributed by atoms with E-state index in [1.807, 2.05) is 18.5 Å². The Labute approximate surface area is 155 Å². The molecule has 2 aliphatic heterocycles. The molecule has 0 aliphatic carbocycles. The highest BCUT2D eigenvalue weighted by Crippen LogP contribution is 2.22. The first-order chi connectivity index (χ1) is 12.3. The van der Waals surface area contributed by atoms with Crippen molar-refractivity contribution in [2.45, 2.75) is 38.6 Å². The van der Waals surface area contributed by atoms with E-state index in [4.69, 9.17) is 4.99 Å². The predicted molar refractivity (Wildman–Crippen MR) is 106 cm³/mol. The van der Waals surface area contributed by atoms with Crippen LogP contribution in [0, 0.1) is 5.92 Å². The van der Waals surface area contributed by atoms with Crippen LogP contribution in [0.5, 0.6) is 0 Å². The van der Waals surface area contributed by atoms with Gasteiger partial charge in [0.25, 0.3) is 0 Å². The number of hydrogen-bond donors (Lipinski definition) is 2. The molecule has 0 radical (unpaired) electrons. The standard InChI is InChI=1S/C18H30N6S/c1-2-19-17(22-13-15-6-11-25-12-7-15)23-16-5-3-10-24(14-16)18-20-8-4-9-21-18/h4,8-9,15-16H,2-3,5-7,10-14H2,1H3,(H2,19,22,23). The van der Waals surface area contributed by atoms with Gasteiger partial charge in [0.05, 0.1) is 0 Å². The summed E-state index contributed by atoms with van der Waals surface area (Å²) >= 11 is 2.07. The quantitative estimate of drug-likeness (QED) is 0.618. The van der Waals surface area contributed by atoms with Gasteiger partial charge in [0.15, 0.2) is 5.96 Å². The highest BCUT2D eigenvalue weighted by Gasteiger charge is 2.22. The van der Waals surface area contributed by atoms with Crippen molar-refractivity contribution in [2.75, 3.05) is 42.6 Å². The van der Waals surface area contributed by atoms with Gasteiger partial charge >= 0.3 is 0 Å². The first-order valence-electron chi connectivity index (χ1n) is 9.49. The van der Waals surface area contributed by atoms with Crippen molar-refractivity contribution in [1.29, 1.82) is 0 Å². The van der Waals surface area contributed by atoms with Gasteiger partial charge in [-0.05, 0) is 56.1 Å². The summed E-state index contributed by atoms with van der Waals surface area (Å²) in [5, 5.41) is 7.04. The van der Waals surface area contributed by atoms with Crippen molar-refractivity contribution >= 4 is 23.7 Å². The van der Waals surface area contributed by atoms with E-state index in [-0.39, 0.29) is 0 Å². The molecule has 3 heterocycles. The van der Waals surface area contributed by atoms with E-state index >= 15 is 0 Å². The van der Waals surface area contributed by atoms with Gasteiger partial charge in [-0.15, -0.1) is 0 Å². The molecule has 1 unspecified atom stereocenters. The minimum absolute atomic E-state index is 0.386. The van der Waals surface area contributed by atoms with Gasteiger partial charge in [0, 0.05) is 44.6 Å². The molecule has 3 rings (SSSR count). The molecule has 0 saturated carbocycles. The summed E-state index contributed by atoms with van der Waals surface area (Å²) in [7, 11) is 0. The Morgan fingerprint density at radius 2 is 2.08 bits per heavy atom. The molecule has 0 spiro atoms. The molecule has 2 aliphatic rings. The van der Waals surface area contributed by atoms with Gasteiger partial charge in [-0.25, -0.2) is 9.97 Å². The fraction of sp³-hybridized carbons (Fsp3) is 0.722. The summed E-state index contributed by atoms with van der Waals surface area (Å²) in [5.74, 6) is 5.12. The number of guanidine groups is 1. The lowest BCUT2D eigenvalue weighted by molar-refractivity contribution is 0.459. The highest BCUT2D eigenvalue weighted by atomic mass is 32.2. The van der Waals surface area contributed by atoms with Crippen LogP contribution >= 0.6 is 11.8 Å². The lowest BCUT2D eigenvalue weighted by atomic mass is 10.0. The number of hydrogen-bond acceptors (Lipinski definition) is 5. The fourth-order valence-electron chi connectivity index (χ4n) is 3.39. The van der Waals surface area contributed by atoms with Gasteiger partial charge in [-0.3, -0.25) is 4.99 Å². The summed E-state index contributed by atoms with van der Waals surface area (Å²) in [6, 6.07) is 2.25. The maximum Gasteiger partial charge on any atom is 0.225 e. The monoisotopic (exact) mass is 362 g/mol. The van der Waals surface area contributed by atoms with Crippen LogP contribution in [-0.2, 0) is 0 Å². The van der Waals surface area contributed by atoms with Crippen LogP contribution in [0.1, 0.15) is 32.6 Å². The maximum atomic E-state index is 4.86. The van der Waals surface area contributed by atoms with Crippen molar-refractivity contribution in [1.82, 2.24) is 20.6 Å². The minimum Gasteiger partial charge on any atom is -0.357 e. The lowest BCUT2D eigenvalue weighted by Gasteiger charge is -2.34. The van der Waals surface area contributed by atoms with E-state index in [9.17, 15) is 0 Å². The number of nitrogens with one attached hydrogen (secondary N) is 2. The zero-order chi connectivity index (χ0) is 17.3. The van der Waals surface area contributed by atoms with Crippen molar-refractivity contribution in [3.05, 3.63) is 18.5 Å². The zero-order valence-corrected chi connectivity index (χ0v) is 16.0. The van der Waals surface area contributed by atoms with Crippen LogP contribution in [0.25, 0.3) is 0 Å². The molecule has 7 heteroatoms. The molecule has 0 amide bonds. The molecule has 25 heavy (non-hydrogen) atoms. The molecular weight excluding hydrogens is 332 g/mol. The van der Waals surface area contributed by atoms with Crippen LogP contribution in [0.2, 0.25) is 0 Å². The third-order valence-corrected chi connectivity index (χ3v) is 5.84.